The summed E-state index contributed by atoms with van der Waals surface area (Å²) in [6.07, 6.45) is 56.5. The van der Waals surface area contributed by atoms with Crippen LogP contribution in [0, 0.1) is 46.8 Å². The van der Waals surface area contributed by atoms with Crippen LogP contribution in [0.3, 0.4) is 0 Å². The van der Waals surface area contributed by atoms with Crippen molar-refractivity contribution >= 4 is 23.0 Å². The van der Waals surface area contributed by atoms with Gasteiger partial charge in [-0.1, -0.05) is 160 Å². The molecule has 1 aromatic rings. The summed E-state index contributed by atoms with van der Waals surface area (Å²) in [6, 6.07) is 9.58. The van der Waals surface area contributed by atoms with E-state index in [0.29, 0.717) is 40.9 Å². The Morgan fingerprint density at radius 3 is 2.56 bits per heavy atom. The maximum absolute atomic E-state index is 6.29. The summed E-state index contributed by atoms with van der Waals surface area (Å²) in [5.74, 6) is 3.44. The van der Waals surface area contributed by atoms with E-state index < -0.39 is 0 Å². The zero-order chi connectivity index (χ0) is 45.5. The molecule has 1 N–H and O–H groups in total. The van der Waals surface area contributed by atoms with Gasteiger partial charge in [-0.15, -0.1) is 11.8 Å². The summed E-state index contributed by atoms with van der Waals surface area (Å²) in [4.78, 5) is 10.8. The molecule has 4 heteroatoms. The highest BCUT2D eigenvalue weighted by molar-refractivity contribution is 8.03. The molecular formula is C64H69N3S. The highest BCUT2D eigenvalue weighted by atomic mass is 32.2. The number of likely N-dealkylation sites (tertiary alicyclic amines) is 1. The summed E-state index contributed by atoms with van der Waals surface area (Å²) in [5.41, 5.74) is 20.3. The molecular weight excluding hydrogens is 843 g/mol. The van der Waals surface area contributed by atoms with Gasteiger partial charge in [-0.2, -0.15) is 0 Å². The third-order valence-corrected chi connectivity index (χ3v) is 21.1. The average Bonchev–Trinajstić information content (AvgIpc) is 4.06. The van der Waals surface area contributed by atoms with Crippen molar-refractivity contribution < 1.29 is 0 Å². The van der Waals surface area contributed by atoms with Crippen molar-refractivity contribution in [2.45, 2.75) is 134 Å². The first-order valence-corrected chi connectivity index (χ1v) is 27.7. The highest BCUT2D eigenvalue weighted by Gasteiger charge is 2.54. The molecule has 3 nitrogen and oxygen atoms in total. The zero-order valence-corrected chi connectivity index (χ0v) is 41.6. The predicted octanol–water partition coefficient (Wildman–Crippen LogP) is 14.8. The lowest BCUT2D eigenvalue weighted by atomic mass is 9.67. The minimum Gasteiger partial charge on any atom is -0.332 e. The monoisotopic (exact) mass is 912 g/mol. The van der Waals surface area contributed by atoms with E-state index in [1.807, 2.05) is 5.57 Å². The molecule has 10 aliphatic carbocycles. The molecule has 3 aliphatic heterocycles. The molecule has 1 aromatic carbocycles. The number of benzene rings is 1. The van der Waals surface area contributed by atoms with Gasteiger partial charge in [0.25, 0.3) is 0 Å². The third-order valence-electron chi connectivity index (χ3n) is 19.6. The molecule has 0 amide bonds. The van der Waals surface area contributed by atoms with Gasteiger partial charge in [-0.05, 0) is 156 Å². The number of fused-ring (bicyclic) bond motifs is 10. The zero-order valence-electron chi connectivity index (χ0n) is 40.8. The molecule has 0 spiro atoms. The molecule has 14 rings (SSSR count). The summed E-state index contributed by atoms with van der Waals surface area (Å²) in [7, 11) is 0. The largest absolute Gasteiger partial charge is 0.332 e. The molecule has 0 radical (unpaired) electrons. The summed E-state index contributed by atoms with van der Waals surface area (Å²) < 4.78 is 0. The lowest BCUT2D eigenvalue weighted by molar-refractivity contribution is 0.320. The second kappa shape index (κ2) is 15.9. The fourth-order valence-corrected chi connectivity index (χ4v) is 17.9. The minimum absolute atomic E-state index is 0.0904. The maximum atomic E-state index is 6.29. The Kier molecular flexibility index (Phi) is 9.91. The van der Waals surface area contributed by atoms with Crippen molar-refractivity contribution in [1.29, 1.82) is 0 Å². The van der Waals surface area contributed by atoms with Crippen molar-refractivity contribution in [3.05, 3.63) is 194 Å². The second-order valence-corrected chi connectivity index (χ2v) is 24.8. The van der Waals surface area contributed by atoms with Gasteiger partial charge in [0.2, 0.25) is 0 Å². The van der Waals surface area contributed by atoms with E-state index in [1.165, 1.54) is 71.4 Å². The molecule has 0 bridgehead atoms. The fourth-order valence-electron chi connectivity index (χ4n) is 16.1. The first-order chi connectivity index (χ1) is 33.2. The van der Waals surface area contributed by atoms with Gasteiger partial charge in [0.15, 0.2) is 0 Å². The van der Waals surface area contributed by atoms with Crippen molar-refractivity contribution in [2.75, 3.05) is 0 Å². The average molecular weight is 912 g/mol. The molecule has 0 aromatic heterocycles. The van der Waals surface area contributed by atoms with Crippen molar-refractivity contribution in [3.8, 4) is 0 Å². The number of hydrogen-bond donors (Lipinski definition) is 1. The molecule has 68 heavy (non-hydrogen) atoms. The Morgan fingerprint density at radius 1 is 0.779 bits per heavy atom. The van der Waals surface area contributed by atoms with E-state index in [0.717, 1.165) is 44.9 Å². The Labute approximate surface area is 410 Å². The second-order valence-electron chi connectivity index (χ2n) is 23.6. The van der Waals surface area contributed by atoms with Crippen LogP contribution in [-0.2, 0) is 5.41 Å². The third kappa shape index (κ3) is 6.30. The lowest BCUT2D eigenvalue weighted by Gasteiger charge is -2.46. The van der Waals surface area contributed by atoms with Gasteiger partial charge in [-0.25, -0.2) is 0 Å². The molecule has 0 saturated carbocycles. The van der Waals surface area contributed by atoms with E-state index in [4.69, 9.17) is 4.99 Å². The maximum Gasteiger partial charge on any atom is 0.0911 e. The van der Waals surface area contributed by atoms with Crippen LogP contribution in [-0.4, -0.2) is 34.1 Å². The van der Waals surface area contributed by atoms with Gasteiger partial charge in [0.05, 0.1) is 23.5 Å². The van der Waals surface area contributed by atoms with E-state index in [9.17, 15) is 0 Å². The first kappa shape index (κ1) is 42.3. The quantitative estimate of drug-likeness (QED) is 0.319. The summed E-state index contributed by atoms with van der Waals surface area (Å²) in [6.45, 7) is 10.0. The molecule has 11 unspecified atom stereocenters. The van der Waals surface area contributed by atoms with Gasteiger partial charge in [0.1, 0.15) is 0 Å². The van der Waals surface area contributed by atoms with Gasteiger partial charge < -0.3 is 4.90 Å². The van der Waals surface area contributed by atoms with Crippen molar-refractivity contribution in [2.24, 2.45) is 51.8 Å². The van der Waals surface area contributed by atoms with E-state index in [2.05, 4.69) is 177 Å². The first-order valence-electron chi connectivity index (χ1n) is 26.9. The Bertz CT molecular complexity index is 2880. The number of rotatable bonds is 5. The Hall–Kier alpha value is -4.64. The van der Waals surface area contributed by atoms with Crippen LogP contribution in [0.15, 0.2) is 188 Å². The summed E-state index contributed by atoms with van der Waals surface area (Å²) in [5, 5.41) is 5.03. The van der Waals surface area contributed by atoms with Crippen LogP contribution in [0.1, 0.15) is 116 Å². The molecule has 3 heterocycles. The van der Waals surface area contributed by atoms with Crippen LogP contribution in [0.5, 0.6) is 0 Å². The van der Waals surface area contributed by atoms with Crippen LogP contribution >= 0.6 is 11.8 Å². The van der Waals surface area contributed by atoms with E-state index in [1.54, 1.807) is 32.9 Å². The van der Waals surface area contributed by atoms with Gasteiger partial charge >= 0.3 is 0 Å². The molecule has 1 saturated heterocycles. The van der Waals surface area contributed by atoms with E-state index >= 15 is 0 Å². The predicted molar refractivity (Wildman–Crippen MR) is 284 cm³/mol. The van der Waals surface area contributed by atoms with Crippen LogP contribution in [0.4, 0.5) is 0 Å². The molecule has 1 fully saturated rings. The number of allylic oxidation sites excluding steroid dienone is 21. The molecule has 11 atom stereocenters. The number of hydrogen-bond acceptors (Lipinski definition) is 4. The number of nitrogens with zero attached hydrogens (tertiary/aromatic N) is 2. The van der Waals surface area contributed by atoms with Crippen LogP contribution in [0.25, 0.3) is 5.57 Å². The number of nitrogens with one attached hydrogen (secondary N) is 1. The summed E-state index contributed by atoms with van der Waals surface area (Å²) >= 11 is 2.22. The smallest absolute Gasteiger partial charge is 0.0911 e. The normalized spacial score (nSPS) is 37.5. The standard InChI is InChI=1S/C64H69N3S/c1-63(2)51-22-12-8-18-45(51)47-32-28-40(36-53(47)63)43-34-35-44(41-29-33-48-46-19-9-13-23-52(46)64(3,4)54(48)37-41)61-60(43)65-58(38-16-6-5-7-17-38)59(66-61)39-26-30-42(31-27-39)67-55-24-14-10-20-49(55)57-50-21-11-15-25-56(50)68-62(57)67/h6,8-10,12-14,16-19,22-24,26,29-31,33-34,36,39,44-45,49,51,54,57-60,62,65H,5,7,11,15,20-21,25,27-28,32,35,37H2,1-4H3. The Balaban J connectivity index is 0.845. The van der Waals surface area contributed by atoms with Crippen molar-refractivity contribution in [3.63, 3.8) is 0 Å². The van der Waals surface area contributed by atoms with Gasteiger partial charge in [0, 0.05) is 46.7 Å². The van der Waals surface area contributed by atoms with E-state index in [-0.39, 0.29) is 34.9 Å². The lowest BCUT2D eigenvalue weighted by Crippen LogP contribution is -2.59. The van der Waals surface area contributed by atoms with Crippen LogP contribution < -0.4 is 5.32 Å². The SMILES string of the molecule is CC1(C)C2=C(CCC(C3=CCC(C4=CC=C5c6ccccc6C(C)(C)C5C4)C4=NC(C5C=CC(N6C7=CC=CCC7C7C8=C(CCCC8)SC76)=CC5)C(C5=CCCC=C5)NC34)=C2)C2C=CC=CC21. The van der Waals surface area contributed by atoms with Gasteiger partial charge in [-0.3, -0.25) is 10.3 Å². The topological polar surface area (TPSA) is 27.6 Å². The fraction of sp³-hybridized carbons (Fsp3) is 0.453. The van der Waals surface area contributed by atoms with Crippen molar-refractivity contribution in [1.82, 2.24) is 10.2 Å². The number of aliphatic imine (C=N–C) groups is 1. The van der Waals surface area contributed by atoms with Crippen LogP contribution in [0.2, 0.25) is 0 Å². The Morgan fingerprint density at radius 2 is 1.68 bits per heavy atom. The minimum atomic E-state index is 0.0904. The molecule has 13 aliphatic rings. The number of thioether (sulfide) groups is 1. The highest BCUT2D eigenvalue weighted by Crippen LogP contribution is 2.62. The molecule has 346 valence electrons.